The van der Waals surface area contributed by atoms with Gasteiger partial charge in [-0.3, -0.25) is 0 Å². The Kier molecular flexibility index (Phi) is 11.0. The van der Waals surface area contributed by atoms with Crippen LogP contribution in [0.2, 0.25) is 6.04 Å². The Hall–Kier alpha value is -0.693. The quantitative estimate of drug-likeness (QED) is 0.257. The number of hydrogen-bond donors (Lipinski definition) is 2. The molecule has 0 radical (unpaired) electrons. The van der Waals surface area contributed by atoms with Crippen LogP contribution in [0.5, 0.6) is 0 Å². The maximum absolute atomic E-state index is 11.4. The van der Waals surface area contributed by atoms with Gasteiger partial charge in [-0.2, -0.15) is 0 Å². The normalized spacial score (nSPS) is 14.1. The van der Waals surface area contributed by atoms with Gasteiger partial charge in [0.15, 0.2) is 9.76 Å². The molecule has 0 aliphatic heterocycles. The maximum atomic E-state index is 11.4. The standard InChI is InChI=1S/C12H24O5Si/c1-3-17-18-7-5-4-6-10(2)12(15)16-9-11(14)8-13/h6,11,13-14H,3-5,7-9,18H2,1-2H3. The fourth-order valence-electron chi connectivity index (χ4n) is 1.23. The fourth-order valence-corrected chi connectivity index (χ4v) is 2.22. The summed E-state index contributed by atoms with van der Waals surface area (Å²) in [5, 5.41) is 17.6. The van der Waals surface area contributed by atoms with Crippen LogP contribution < -0.4 is 0 Å². The highest BCUT2D eigenvalue weighted by Gasteiger charge is 2.08. The second-order valence-corrected chi connectivity index (χ2v) is 5.54. The van der Waals surface area contributed by atoms with Crippen LogP contribution in [-0.4, -0.2) is 51.9 Å². The summed E-state index contributed by atoms with van der Waals surface area (Å²) in [5.74, 6) is -0.440. The Balaban J connectivity index is 3.70. The lowest BCUT2D eigenvalue weighted by molar-refractivity contribution is -0.142. The molecule has 0 aromatic rings. The van der Waals surface area contributed by atoms with Crippen molar-refractivity contribution in [3.63, 3.8) is 0 Å². The molecule has 5 nitrogen and oxygen atoms in total. The summed E-state index contributed by atoms with van der Waals surface area (Å²) in [5.41, 5.74) is 0.540. The zero-order valence-electron chi connectivity index (χ0n) is 11.2. The van der Waals surface area contributed by atoms with Crippen LogP contribution in [0.25, 0.3) is 0 Å². The Morgan fingerprint density at radius 1 is 1.50 bits per heavy atom. The summed E-state index contributed by atoms with van der Waals surface area (Å²) in [6, 6.07) is 1.11. The van der Waals surface area contributed by atoms with Gasteiger partial charge in [-0.05, 0) is 26.3 Å². The van der Waals surface area contributed by atoms with Crippen molar-refractivity contribution in [3.8, 4) is 0 Å². The molecule has 0 bridgehead atoms. The number of hydrogen-bond acceptors (Lipinski definition) is 5. The fraction of sp³-hybridized carbons (Fsp3) is 0.750. The molecule has 0 rings (SSSR count). The molecule has 0 aromatic heterocycles. The van der Waals surface area contributed by atoms with Crippen LogP contribution in [0.4, 0.5) is 0 Å². The van der Waals surface area contributed by atoms with E-state index < -0.39 is 18.7 Å². The van der Waals surface area contributed by atoms with Gasteiger partial charge in [0.05, 0.1) is 6.61 Å². The van der Waals surface area contributed by atoms with E-state index in [2.05, 4.69) is 0 Å². The lowest BCUT2D eigenvalue weighted by Gasteiger charge is -2.08. The number of aliphatic hydroxyl groups excluding tert-OH is 2. The zero-order valence-corrected chi connectivity index (χ0v) is 12.6. The minimum absolute atomic E-state index is 0.169. The first-order valence-electron chi connectivity index (χ1n) is 6.32. The van der Waals surface area contributed by atoms with Gasteiger partial charge in [0.1, 0.15) is 12.7 Å². The summed E-state index contributed by atoms with van der Waals surface area (Å²) in [6.45, 7) is 3.90. The van der Waals surface area contributed by atoms with Crippen LogP contribution in [0, 0.1) is 0 Å². The van der Waals surface area contributed by atoms with E-state index in [1.807, 2.05) is 13.0 Å². The van der Waals surface area contributed by atoms with Gasteiger partial charge in [-0.1, -0.05) is 12.5 Å². The number of ether oxygens (including phenoxy) is 1. The SMILES string of the molecule is CCO[SiH2]CCCC=C(C)C(=O)OCC(O)CO. The second-order valence-electron chi connectivity index (χ2n) is 4.01. The molecule has 106 valence electrons. The molecule has 0 saturated carbocycles. The van der Waals surface area contributed by atoms with E-state index in [0.717, 1.165) is 25.5 Å². The first-order valence-corrected chi connectivity index (χ1v) is 7.90. The molecule has 0 aliphatic rings. The first-order chi connectivity index (χ1) is 8.61. The van der Waals surface area contributed by atoms with E-state index >= 15 is 0 Å². The molecule has 2 N–H and O–H groups in total. The third kappa shape index (κ3) is 9.35. The molecular weight excluding hydrogens is 252 g/mol. The molecule has 0 spiro atoms. The predicted molar refractivity (Wildman–Crippen MR) is 72.0 cm³/mol. The number of carbonyl (C=O) groups excluding carboxylic acids is 1. The summed E-state index contributed by atoms with van der Waals surface area (Å²) >= 11 is 0. The Bertz CT molecular complexity index is 255. The number of esters is 1. The van der Waals surface area contributed by atoms with Gasteiger partial charge in [0, 0.05) is 12.2 Å². The van der Waals surface area contributed by atoms with Crippen molar-refractivity contribution >= 4 is 15.7 Å². The topological polar surface area (TPSA) is 76.0 Å². The smallest absolute Gasteiger partial charge is 0.333 e. The monoisotopic (exact) mass is 276 g/mol. The molecule has 0 aromatic carbocycles. The van der Waals surface area contributed by atoms with Crippen molar-refractivity contribution < 1.29 is 24.2 Å². The lowest BCUT2D eigenvalue weighted by Crippen LogP contribution is -2.22. The third-order valence-electron chi connectivity index (χ3n) is 2.34. The van der Waals surface area contributed by atoms with Crippen LogP contribution in [0.15, 0.2) is 11.6 Å². The molecule has 0 saturated heterocycles. The maximum Gasteiger partial charge on any atom is 0.333 e. The van der Waals surface area contributed by atoms with Crippen molar-refractivity contribution in [2.45, 2.75) is 38.8 Å². The number of aliphatic hydroxyl groups is 2. The molecule has 0 fully saturated rings. The van der Waals surface area contributed by atoms with Crippen molar-refractivity contribution in [3.05, 3.63) is 11.6 Å². The molecule has 0 amide bonds. The van der Waals surface area contributed by atoms with Gasteiger partial charge in [-0.15, -0.1) is 0 Å². The van der Waals surface area contributed by atoms with Gasteiger partial charge in [0.25, 0.3) is 0 Å². The number of allylic oxidation sites excluding steroid dienone is 1. The van der Waals surface area contributed by atoms with E-state index in [1.165, 1.54) is 0 Å². The van der Waals surface area contributed by atoms with Gasteiger partial charge in [0.2, 0.25) is 0 Å². The van der Waals surface area contributed by atoms with E-state index in [0.29, 0.717) is 5.57 Å². The minimum atomic E-state index is -1.00. The number of rotatable bonds is 10. The summed E-state index contributed by atoms with van der Waals surface area (Å²) in [6.07, 6.45) is 2.70. The highest BCUT2D eigenvalue weighted by atomic mass is 28.2. The largest absolute Gasteiger partial charge is 0.459 e. The van der Waals surface area contributed by atoms with Gasteiger partial charge >= 0.3 is 5.97 Å². The molecule has 18 heavy (non-hydrogen) atoms. The lowest BCUT2D eigenvalue weighted by atomic mass is 10.2. The van der Waals surface area contributed by atoms with E-state index in [-0.39, 0.29) is 16.4 Å². The van der Waals surface area contributed by atoms with Crippen LogP contribution >= 0.6 is 0 Å². The molecule has 1 unspecified atom stereocenters. The Labute approximate surface area is 111 Å². The summed E-state index contributed by atoms with van der Waals surface area (Å²) in [7, 11) is -0.383. The Morgan fingerprint density at radius 3 is 2.83 bits per heavy atom. The highest BCUT2D eigenvalue weighted by Crippen LogP contribution is 2.04. The van der Waals surface area contributed by atoms with E-state index in [9.17, 15) is 4.79 Å². The second kappa shape index (κ2) is 11.4. The molecular formula is C12H24O5Si. The molecule has 1 atom stereocenters. The Morgan fingerprint density at radius 2 is 2.22 bits per heavy atom. The van der Waals surface area contributed by atoms with Crippen LogP contribution in [-0.2, 0) is 14.0 Å². The third-order valence-corrected chi connectivity index (χ3v) is 3.82. The summed E-state index contributed by atoms with van der Waals surface area (Å²) in [4.78, 5) is 11.4. The molecule has 0 aliphatic carbocycles. The first kappa shape index (κ1) is 17.3. The van der Waals surface area contributed by atoms with Crippen molar-refractivity contribution in [2.75, 3.05) is 19.8 Å². The number of carbonyl (C=O) groups is 1. The molecule has 0 heterocycles. The van der Waals surface area contributed by atoms with Gasteiger partial charge < -0.3 is 19.4 Å². The molecule has 6 heteroatoms. The van der Waals surface area contributed by atoms with Crippen molar-refractivity contribution in [1.29, 1.82) is 0 Å². The zero-order chi connectivity index (χ0) is 13.8. The van der Waals surface area contributed by atoms with E-state index in [1.54, 1.807) is 6.92 Å². The predicted octanol–water partition coefficient (Wildman–Crippen LogP) is 0.148. The van der Waals surface area contributed by atoms with Crippen molar-refractivity contribution in [2.24, 2.45) is 0 Å². The van der Waals surface area contributed by atoms with Crippen molar-refractivity contribution in [1.82, 2.24) is 0 Å². The average molecular weight is 276 g/mol. The van der Waals surface area contributed by atoms with Crippen LogP contribution in [0.1, 0.15) is 26.7 Å². The van der Waals surface area contributed by atoms with Crippen LogP contribution in [0.3, 0.4) is 0 Å². The summed E-state index contributed by atoms with van der Waals surface area (Å²) < 4.78 is 10.2. The minimum Gasteiger partial charge on any atom is -0.459 e. The van der Waals surface area contributed by atoms with Gasteiger partial charge in [-0.25, -0.2) is 4.79 Å². The number of unbranched alkanes of at least 4 members (excludes halogenated alkanes) is 1. The van der Waals surface area contributed by atoms with E-state index in [4.69, 9.17) is 19.4 Å². The average Bonchev–Trinajstić information content (AvgIpc) is 2.39. The highest BCUT2D eigenvalue weighted by molar-refractivity contribution is 6.26.